The molecule has 1 N–H and O–H groups in total. The van der Waals surface area contributed by atoms with Crippen LogP contribution in [0, 0.1) is 5.92 Å². The van der Waals surface area contributed by atoms with Crippen molar-refractivity contribution in [2.24, 2.45) is 5.92 Å². The number of nitrogens with zero attached hydrogens (tertiary/aromatic N) is 1. The van der Waals surface area contributed by atoms with Crippen LogP contribution in [0.3, 0.4) is 0 Å². The number of hydrogen-bond acceptors (Lipinski definition) is 3. The summed E-state index contributed by atoms with van der Waals surface area (Å²) in [4.78, 5) is 2.83. The van der Waals surface area contributed by atoms with Crippen LogP contribution in [-0.2, 0) is 4.74 Å². The van der Waals surface area contributed by atoms with E-state index >= 15 is 0 Å². The number of piperazine rings is 1. The summed E-state index contributed by atoms with van der Waals surface area (Å²) in [5.74, 6) is 0.881. The average Bonchev–Trinajstić information content (AvgIpc) is 3.21. The van der Waals surface area contributed by atoms with Crippen molar-refractivity contribution < 1.29 is 4.74 Å². The Kier molecular flexibility index (Phi) is 3.56. The zero-order valence-electron chi connectivity index (χ0n) is 12.9. The van der Waals surface area contributed by atoms with Gasteiger partial charge in [-0.1, -0.05) is 19.3 Å². The third kappa shape index (κ3) is 2.42. The fourth-order valence-corrected chi connectivity index (χ4v) is 4.88. The molecule has 2 saturated heterocycles. The van der Waals surface area contributed by atoms with Gasteiger partial charge in [0.15, 0.2) is 0 Å². The lowest BCUT2D eigenvalue weighted by Crippen LogP contribution is -2.67. The molecule has 0 bridgehead atoms. The van der Waals surface area contributed by atoms with Crippen LogP contribution < -0.4 is 5.32 Å². The second kappa shape index (κ2) is 5.26. The van der Waals surface area contributed by atoms with Crippen molar-refractivity contribution >= 4 is 0 Å². The average molecular weight is 278 g/mol. The monoisotopic (exact) mass is 278 g/mol. The quantitative estimate of drug-likeness (QED) is 0.840. The van der Waals surface area contributed by atoms with Crippen LogP contribution >= 0.6 is 0 Å². The van der Waals surface area contributed by atoms with Crippen molar-refractivity contribution in [3.8, 4) is 0 Å². The molecule has 114 valence electrons. The van der Waals surface area contributed by atoms with Gasteiger partial charge >= 0.3 is 0 Å². The SMILES string of the molecule is CC1CNC2(CCCCC2)CN1C1CCOC1C1CC1. The molecule has 0 radical (unpaired) electrons. The van der Waals surface area contributed by atoms with E-state index in [1.165, 1.54) is 64.5 Å². The Morgan fingerprint density at radius 3 is 2.65 bits per heavy atom. The summed E-state index contributed by atoms with van der Waals surface area (Å²) in [5.41, 5.74) is 0.432. The van der Waals surface area contributed by atoms with Gasteiger partial charge in [-0.3, -0.25) is 4.90 Å². The van der Waals surface area contributed by atoms with E-state index in [9.17, 15) is 0 Å². The molecule has 3 atom stereocenters. The Balaban J connectivity index is 1.49. The van der Waals surface area contributed by atoms with Gasteiger partial charge in [-0.2, -0.15) is 0 Å². The summed E-state index contributed by atoms with van der Waals surface area (Å²) in [6.45, 7) is 5.85. The number of ether oxygens (including phenoxy) is 1. The molecule has 2 aliphatic heterocycles. The van der Waals surface area contributed by atoms with Gasteiger partial charge in [0, 0.05) is 37.3 Å². The van der Waals surface area contributed by atoms with Crippen molar-refractivity contribution in [2.45, 2.75) is 82.0 Å². The third-order valence-corrected chi connectivity index (χ3v) is 6.25. The van der Waals surface area contributed by atoms with Crippen molar-refractivity contribution in [2.75, 3.05) is 19.7 Å². The summed E-state index contributed by atoms with van der Waals surface area (Å²) < 4.78 is 6.10. The molecule has 4 rings (SSSR count). The van der Waals surface area contributed by atoms with Gasteiger partial charge < -0.3 is 10.1 Å². The first-order valence-corrected chi connectivity index (χ1v) is 8.90. The Morgan fingerprint density at radius 2 is 1.90 bits per heavy atom. The van der Waals surface area contributed by atoms with Crippen molar-refractivity contribution in [1.29, 1.82) is 0 Å². The molecule has 0 aromatic heterocycles. The maximum absolute atomic E-state index is 6.10. The number of nitrogens with one attached hydrogen (secondary N) is 1. The predicted molar refractivity (Wildman–Crippen MR) is 80.9 cm³/mol. The van der Waals surface area contributed by atoms with E-state index in [0.29, 0.717) is 23.7 Å². The lowest BCUT2D eigenvalue weighted by molar-refractivity contribution is -0.00995. The van der Waals surface area contributed by atoms with E-state index in [2.05, 4.69) is 17.1 Å². The maximum Gasteiger partial charge on any atom is 0.0759 e. The smallest absolute Gasteiger partial charge is 0.0759 e. The maximum atomic E-state index is 6.10. The minimum Gasteiger partial charge on any atom is -0.376 e. The summed E-state index contributed by atoms with van der Waals surface area (Å²) in [6, 6.07) is 1.38. The van der Waals surface area contributed by atoms with E-state index in [0.717, 1.165) is 12.5 Å². The molecule has 0 amide bonds. The molecule has 2 aliphatic carbocycles. The largest absolute Gasteiger partial charge is 0.376 e. The second-order valence-corrected chi connectivity index (χ2v) is 7.77. The van der Waals surface area contributed by atoms with Gasteiger partial charge in [-0.05, 0) is 44.9 Å². The Labute approximate surface area is 123 Å². The molecule has 3 unspecified atom stereocenters. The first-order valence-electron chi connectivity index (χ1n) is 8.90. The van der Waals surface area contributed by atoms with Gasteiger partial charge in [0.2, 0.25) is 0 Å². The summed E-state index contributed by atoms with van der Waals surface area (Å²) in [6.07, 6.45) is 11.7. The van der Waals surface area contributed by atoms with E-state index in [1.54, 1.807) is 0 Å². The van der Waals surface area contributed by atoms with Crippen molar-refractivity contribution in [3.05, 3.63) is 0 Å². The van der Waals surface area contributed by atoms with E-state index in [-0.39, 0.29) is 0 Å². The highest BCUT2D eigenvalue weighted by Crippen LogP contribution is 2.42. The number of hydrogen-bond donors (Lipinski definition) is 1. The summed E-state index contributed by atoms with van der Waals surface area (Å²) in [5, 5.41) is 3.91. The second-order valence-electron chi connectivity index (χ2n) is 7.77. The van der Waals surface area contributed by atoms with Gasteiger partial charge in [0.25, 0.3) is 0 Å². The lowest BCUT2D eigenvalue weighted by Gasteiger charge is -2.51. The molecular formula is C17H30N2O. The molecule has 4 fully saturated rings. The predicted octanol–water partition coefficient (Wildman–Crippen LogP) is 2.55. The van der Waals surface area contributed by atoms with Gasteiger partial charge in [0.05, 0.1) is 6.10 Å². The van der Waals surface area contributed by atoms with Crippen LogP contribution in [0.15, 0.2) is 0 Å². The molecule has 20 heavy (non-hydrogen) atoms. The third-order valence-electron chi connectivity index (χ3n) is 6.25. The van der Waals surface area contributed by atoms with Gasteiger partial charge in [-0.15, -0.1) is 0 Å². The van der Waals surface area contributed by atoms with Crippen LogP contribution in [0.4, 0.5) is 0 Å². The minimum absolute atomic E-state index is 0.432. The highest BCUT2D eigenvalue weighted by atomic mass is 16.5. The first-order chi connectivity index (χ1) is 9.77. The molecule has 2 saturated carbocycles. The zero-order chi connectivity index (χ0) is 13.6. The highest BCUT2D eigenvalue weighted by molar-refractivity contribution is 5.04. The lowest BCUT2D eigenvalue weighted by atomic mass is 9.78. The van der Waals surface area contributed by atoms with Crippen molar-refractivity contribution in [3.63, 3.8) is 0 Å². The molecule has 0 aromatic rings. The summed E-state index contributed by atoms with van der Waals surface area (Å²) in [7, 11) is 0. The molecule has 2 heterocycles. The molecule has 1 spiro atoms. The highest BCUT2D eigenvalue weighted by Gasteiger charge is 2.47. The van der Waals surface area contributed by atoms with Crippen LogP contribution in [-0.4, -0.2) is 48.3 Å². The number of rotatable bonds is 2. The molecule has 3 heteroatoms. The van der Waals surface area contributed by atoms with E-state index in [4.69, 9.17) is 4.74 Å². The Bertz CT molecular complexity index is 349. The molecule has 3 nitrogen and oxygen atoms in total. The van der Waals surface area contributed by atoms with E-state index in [1.807, 2.05) is 0 Å². The topological polar surface area (TPSA) is 24.5 Å². The zero-order valence-corrected chi connectivity index (χ0v) is 12.9. The van der Waals surface area contributed by atoms with Crippen molar-refractivity contribution in [1.82, 2.24) is 10.2 Å². The normalized spacial score (nSPS) is 42.1. The van der Waals surface area contributed by atoms with Crippen LogP contribution in [0.25, 0.3) is 0 Å². The fraction of sp³-hybridized carbons (Fsp3) is 1.00. The van der Waals surface area contributed by atoms with Gasteiger partial charge in [-0.25, -0.2) is 0 Å². The Hall–Kier alpha value is -0.120. The van der Waals surface area contributed by atoms with Crippen LogP contribution in [0.1, 0.15) is 58.3 Å². The first kappa shape index (κ1) is 13.5. The minimum atomic E-state index is 0.432. The van der Waals surface area contributed by atoms with Crippen LogP contribution in [0.2, 0.25) is 0 Å². The van der Waals surface area contributed by atoms with Gasteiger partial charge in [0.1, 0.15) is 0 Å². The standard InChI is InChI=1S/C17H30N2O/c1-13-11-18-17(8-3-2-4-9-17)12-19(13)15-7-10-20-16(15)14-5-6-14/h13-16,18H,2-12H2,1H3. The molecule has 4 aliphatic rings. The van der Waals surface area contributed by atoms with Crippen LogP contribution in [0.5, 0.6) is 0 Å². The molecular weight excluding hydrogens is 248 g/mol. The fourth-order valence-electron chi connectivity index (χ4n) is 4.88. The Morgan fingerprint density at radius 1 is 1.10 bits per heavy atom. The summed E-state index contributed by atoms with van der Waals surface area (Å²) >= 11 is 0. The molecule has 0 aromatic carbocycles. The van der Waals surface area contributed by atoms with E-state index < -0.39 is 0 Å².